The Morgan fingerprint density at radius 2 is 1.93 bits per heavy atom. The van der Waals surface area contributed by atoms with E-state index >= 15 is 0 Å². The highest BCUT2D eigenvalue weighted by atomic mass is 19.3. The second-order valence-electron chi connectivity index (χ2n) is 6.55. The molecular formula is C20H17F2N3O3. The van der Waals surface area contributed by atoms with E-state index in [1.165, 1.54) is 18.2 Å². The van der Waals surface area contributed by atoms with Crippen LogP contribution in [0.4, 0.5) is 14.5 Å². The Hall–Kier alpha value is -3.42. The molecule has 0 atom stereocenters. The van der Waals surface area contributed by atoms with E-state index in [0.717, 1.165) is 10.9 Å². The third-order valence-corrected chi connectivity index (χ3v) is 4.69. The first-order valence-electron chi connectivity index (χ1n) is 8.72. The van der Waals surface area contributed by atoms with Crippen LogP contribution in [0.3, 0.4) is 0 Å². The Balaban J connectivity index is 1.36. The number of anilines is 1. The largest absolute Gasteiger partial charge is 0.435 e. The van der Waals surface area contributed by atoms with Crippen molar-refractivity contribution in [3.05, 3.63) is 60.3 Å². The van der Waals surface area contributed by atoms with Crippen molar-refractivity contribution >= 4 is 28.4 Å². The van der Waals surface area contributed by atoms with Crippen LogP contribution in [-0.2, 0) is 4.79 Å². The second kappa shape index (κ2) is 7.30. The zero-order valence-electron chi connectivity index (χ0n) is 14.7. The van der Waals surface area contributed by atoms with Crippen molar-refractivity contribution in [2.75, 3.05) is 18.4 Å². The number of H-pyrrole nitrogens is 1. The van der Waals surface area contributed by atoms with Gasteiger partial charge in [-0.3, -0.25) is 9.59 Å². The highest BCUT2D eigenvalue weighted by molar-refractivity contribution is 6.07. The SMILES string of the molecule is O=C(Nc1cccc(OC(F)F)c1)C1CN(C(=O)c2c[nH]c3ccccc23)C1. The number of carbonyl (C=O) groups is 2. The fourth-order valence-corrected chi connectivity index (χ4v) is 3.22. The molecule has 2 N–H and O–H groups in total. The molecule has 2 heterocycles. The molecule has 0 radical (unpaired) electrons. The average molecular weight is 385 g/mol. The number of aromatic nitrogens is 1. The molecule has 4 rings (SSSR count). The van der Waals surface area contributed by atoms with Gasteiger partial charge in [0.1, 0.15) is 5.75 Å². The van der Waals surface area contributed by atoms with E-state index in [2.05, 4.69) is 15.0 Å². The lowest BCUT2D eigenvalue weighted by Gasteiger charge is -2.38. The number of halogens is 2. The number of para-hydroxylation sites is 1. The lowest BCUT2D eigenvalue weighted by Crippen LogP contribution is -2.54. The van der Waals surface area contributed by atoms with Crippen LogP contribution in [0.2, 0.25) is 0 Å². The molecule has 3 aromatic rings. The number of hydrogen-bond acceptors (Lipinski definition) is 3. The molecule has 6 nitrogen and oxygen atoms in total. The standard InChI is InChI=1S/C20H17F2N3O3/c21-20(22)28-14-5-3-4-13(8-14)24-18(26)12-10-25(11-12)19(27)16-9-23-17-7-2-1-6-15(16)17/h1-9,12,20,23H,10-11H2,(H,24,26). The van der Waals surface area contributed by atoms with E-state index < -0.39 is 6.61 Å². The number of nitrogens with one attached hydrogen (secondary N) is 2. The zero-order valence-corrected chi connectivity index (χ0v) is 14.7. The number of likely N-dealkylation sites (tertiary alicyclic amines) is 1. The molecule has 1 aliphatic heterocycles. The van der Waals surface area contributed by atoms with Gasteiger partial charge in [-0.25, -0.2) is 0 Å². The molecule has 1 fully saturated rings. The average Bonchev–Trinajstić information content (AvgIpc) is 3.04. The highest BCUT2D eigenvalue weighted by Crippen LogP contribution is 2.25. The summed E-state index contributed by atoms with van der Waals surface area (Å²) >= 11 is 0. The van der Waals surface area contributed by atoms with E-state index in [-0.39, 0.29) is 23.5 Å². The van der Waals surface area contributed by atoms with E-state index in [1.807, 2.05) is 24.3 Å². The van der Waals surface area contributed by atoms with Crippen LogP contribution in [0.15, 0.2) is 54.7 Å². The molecule has 1 aliphatic rings. The molecule has 0 bridgehead atoms. The predicted octanol–water partition coefficient (Wildman–Crippen LogP) is 3.48. The van der Waals surface area contributed by atoms with E-state index in [1.54, 1.807) is 17.2 Å². The summed E-state index contributed by atoms with van der Waals surface area (Å²) in [4.78, 5) is 29.7. The number of amides is 2. The third kappa shape index (κ3) is 3.53. The van der Waals surface area contributed by atoms with Gasteiger partial charge >= 0.3 is 6.61 Å². The fourth-order valence-electron chi connectivity index (χ4n) is 3.22. The minimum atomic E-state index is -2.93. The van der Waals surface area contributed by atoms with Crippen LogP contribution in [0.5, 0.6) is 5.75 Å². The van der Waals surface area contributed by atoms with Crippen LogP contribution in [-0.4, -0.2) is 41.4 Å². The van der Waals surface area contributed by atoms with Crippen molar-refractivity contribution in [2.24, 2.45) is 5.92 Å². The smallest absolute Gasteiger partial charge is 0.387 e. The molecular weight excluding hydrogens is 368 g/mol. The summed E-state index contributed by atoms with van der Waals surface area (Å²) < 4.78 is 28.9. The topological polar surface area (TPSA) is 74.4 Å². The molecule has 0 spiro atoms. The Morgan fingerprint density at radius 3 is 2.71 bits per heavy atom. The molecule has 2 aromatic carbocycles. The lowest BCUT2D eigenvalue weighted by molar-refractivity contribution is -0.123. The second-order valence-corrected chi connectivity index (χ2v) is 6.55. The maximum Gasteiger partial charge on any atom is 0.387 e. The zero-order chi connectivity index (χ0) is 19.7. The summed E-state index contributed by atoms with van der Waals surface area (Å²) in [5, 5.41) is 3.52. The van der Waals surface area contributed by atoms with Gasteiger partial charge < -0.3 is 19.9 Å². The quantitative estimate of drug-likeness (QED) is 0.706. The Morgan fingerprint density at radius 1 is 1.14 bits per heavy atom. The third-order valence-electron chi connectivity index (χ3n) is 4.69. The number of fused-ring (bicyclic) bond motifs is 1. The number of ether oxygens (including phenoxy) is 1. The van der Waals surface area contributed by atoms with E-state index in [4.69, 9.17) is 0 Å². The predicted molar refractivity (Wildman–Crippen MR) is 99.4 cm³/mol. The van der Waals surface area contributed by atoms with Crippen molar-refractivity contribution in [3.63, 3.8) is 0 Å². The van der Waals surface area contributed by atoms with Gasteiger partial charge in [-0.15, -0.1) is 0 Å². The summed E-state index contributed by atoms with van der Waals surface area (Å²) in [5.41, 5.74) is 1.82. The highest BCUT2D eigenvalue weighted by Gasteiger charge is 2.36. The maximum absolute atomic E-state index is 12.7. The fraction of sp³-hybridized carbons (Fsp3) is 0.200. The number of alkyl halides is 2. The van der Waals surface area contributed by atoms with Gasteiger partial charge in [-0.05, 0) is 18.2 Å². The van der Waals surface area contributed by atoms with Gasteiger partial charge in [-0.2, -0.15) is 8.78 Å². The molecule has 0 aliphatic carbocycles. The van der Waals surface area contributed by atoms with Gasteiger partial charge in [-0.1, -0.05) is 24.3 Å². The van der Waals surface area contributed by atoms with Crippen molar-refractivity contribution < 1.29 is 23.1 Å². The Bertz CT molecular complexity index is 1030. The summed E-state index contributed by atoms with van der Waals surface area (Å²) in [6, 6.07) is 13.3. The minimum absolute atomic E-state index is 0.0300. The Kier molecular flexibility index (Phi) is 4.68. The number of benzene rings is 2. The van der Waals surface area contributed by atoms with Gasteiger partial charge in [0.25, 0.3) is 5.91 Å². The molecule has 28 heavy (non-hydrogen) atoms. The molecule has 1 aromatic heterocycles. The number of aromatic amines is 1. The molecule has 0 saturated carbocycles. The molecule has 0 unspecified atom stereocenters. The van der Waals surface area contributed by atoms with Crippen molar-refractivity contribution in [2.45, 2.75) is 6.61 Å². The first-order chi connectivity index (χ1) is 13.5. The van der Waals surface area contributed by atoms with Crippen LogP contribution in [0.25, 0.3) is 10.9 Å². The summed E-state index contributed by atoms with van der Waals surface area (Å²) in [6.07, 6.45) is 1.68. The first-order valence-corrected chi connectivity index (χ1v) is 8.72. The number of carbonyl (C=O) groups excluding carboxylic acids is 2. The monoisotopic (exact) mass is 385 g/mol. The normalized spacial score (nSPS) is 14.2. The van der Waals surface area contributed by atoms with Crippen LogP contribution < -0.4 is 10.1 Å². The minimum Gasteiger partial charge on any atom is -0.435 e. The van der Waals surface area contributed by atoms with Crippen molar-refractivity contribution in [1.82, 2.24) is 9.88 Å². The Labute approximate surface area is 159 Å². The van der Waals surface area contributed by atoms with Crippen LogP contribution in [0.1, 0.15) is 10.4 Å². The summed E-state index contributed by atoms with van der Waals surface area (Å²) in [7, 11) is 0. The lowest BCUT2D eigenvalue weighted by atomic mass is 9.97. The van der Waals surface area contributed by atoms with Gasteiger partial charge in [0.15, 0.2) is 0 Å². The molecule has 144 valence electrons. The molecule has 8 heteroatoms. The number of rotatable bonds is 5. The van der Waals surface area contributed by atoms with Crippen LogP contribution in [0, 0.1) is 5.92 Å². The number of hydrogen-bond donors (Lipinski definition) is 2. The molecule has 2 amide bonds. The van der Waals surface area contributed by atoms with Crippen molar-refractivity contribution in [1.29, 1.82) is 0 Å². The van der Waals surface area contributed by atoms with Crippen LogP contribution >= 0.6 is 0 Å². The van der Waals surface area contributed by atoms with Gasteiger partial charge in [0, 0.05) is 41.9 Å². The van der Waals surface area contributed by atoms with E-state index in [9.17, 15) is 18.4 Å². The van der Waals surface area contributed by atoms with Gasteiger partial charge in [0.2, 0.25) is 5.91 Å². The maximum atomic E-state index is 12.7. The molecule has 1 saturated heterocycles. The van der Waals surface area contributed by atoms with E-state index in [0.29, 0.717) is 24.3 Å². The summed E-state index contributed by atoms with van der Waals surface area (Å²) in [5.74, 6) is -0.780. The van der Waals surface area contributed by atoms with Crippen molar-refractivity contribution in [3.8, 4) is 5.75 Å². The first kappa shape index (κ1) is 18.0. The number of nitrogens with zero attached hydrogens (tertiary/aromatic N) is 1. The summed E-state index contributed by atoms with van der Waals surface area (Å²) in [6.45, 7) is -2.32. The van der Waals surface area contributed by atoms with Gasteiger partial charge in [0.05, 0.1) is 11.5 Å².